The third-order valence-corrected chi connectivity index (χ3v) is 3.03. The first kappa shape index (κ1) is 12.7. The van der Waals surface area contributed by atoms with Crippen LogP contribution in [-0.2, 0) is 6.32 Å². The van der Waals surface area contributed by atoms with E-state index >= 15 is 0 Å². The Balaban J connectivity index is 2.03. The lowest BCUT2D eigenvalue weighted by atomic mass is 9.65. The molecule has 0 aliphatic heterocycles. The molecule has 0 aromatic heterocycles. The normalized spacial score (nSPS) is 10.1. The molecule has 0 saturated carbocycles. The Hall–Kier alpha value is -1.76. The quantitative estimate of drug-likeness (QED) is 0.709. The van der Waals surface area contributed by atoms with Crippen molar-refractivity contribution < 1.29 is 0 Å². The van der Waals surface area contributed by atoms with Gasteiger partial charge in [0.2, 0.25) is 0 Å². The van der Waals surface area contributed by atoms with Crippen LogP contribution in [0.2, 0.25) is 0 Å². The number of benzene rings is 2. The summed E-state index contributed by atoms with van der Waals surface area (Å²) in [6.07, 6.45) is 2.85. The second-order valence-electron chi connectivity index (χ2n) is 4.78. The number of rotatable bonds is 4. The highest BCUT2D eigenvalue weighted by atomic mass is 14.0. The molecule has 0 fully saturated rings. The van der Waals surface area contributed by atoms with E-state index in [4.69, 9.17) is 0 Å². The average Bonchev–Trinajstić information content (AvgIpc) is 2.36. The summed E-state index contributed by atoms with van der Waals surface area (Å²) in [5, 5.41) is 0. The van der Waals surface area contributed by atoms with Crippen LogP contribution >= 0.6 is 0 Å². The van der Waals surface area contributed by atoms with Crippen molar-refractivity contribution in [1.82, 2.24) is 0 Å². The van der Waals surface area contributed by atoms with E-state index in [0.29, 0.717) is 0 Å². The van der Waals surface area contributed by atoms with Gasteiger partial charge >= 0.3 is 0 Å². The SMILES string of the molecule is C=Cc1ccc([B]Cc2cc(C)cc(C)c2)cc1. The van der Waals surface area contributed by atoms with Gasteiger partial charge in [0.15, 0.2) is 7.28 Å². The maximum absolute atomic E-state index is 3.76. The van der Waals surface area contributed by atoms with Crippen molar-refractivity contribution in [2.45, 2.75) is 20.2 Å². The van der Waals surface area contributed by atoms with Crippen molar-refractivity contribution in [2.24, 2.45) is 0 Å². The predicted octanol–water partition coefficient (Wildman–Crippen LogP) is 3.48. The zero-order chi connectivity index (χ0) is 13.0. The Morgan fingerprint density at radius 1 is 1.00 bits per heavy atom. The molecule has 0 amide bonds. The monoisotopic (exact) mass is 233 g/mol. The summed E-state index contributed by atoms with van der Waals surface area (Å²) < 4.78 is 0. The third kappa shape index (κ3) is 3.37. The highest BCUT2D eigenvalue weighted by Gasteiger charge is 2.00. The highest BCUT2D eigenvalue weighted by Crippen LogP contribution is 2.09. The largest absolute Gasteiger partial charge is 0.156 e. The van der Waals surface area contributed by atoms with Crippen molar-refractivity contribution in [3.8, 4) is 0 Å². The molecule has 1 heteroatoms. The Morgan fingerprint density at radius 2 is 1.61 bits per heavy atom. The van der Waals surface area contributed by atoms with Gasteiger partial charge in [-0.25, -0.2) is 0 Å². The smallest absolute Gasteiger partial charge is 0.0985 e. The standard InChI is InChI=1S/C17H18B/c1-4-15-5-7-17(8-6-15)18-12-16-10-13(2)9-14(3)11-16/h4-11H,1,12H2,2-3H3. The van der Waals surface area contributed by atoms with E-state index in [9.17, 15) is 0 Å². The summed E-state index contributed by atoms with van der Waals surface area (Å²) in [5.41, 5.74) is 6.47. The van der Waals surface area contributed by atoms with E-state index in [2.05, 4.69) is 70.2 Å². The summed E-state index contributed by atoms with van der Waals surface area (Å²) >= 11 is 0. The van der Waals surface area contributed by atoms with Gasteiger partial charge in [-0.05, 0) is 25.7 Å². The Bertz CT molecular complexity index is 518. The minimum atomic E-state index is 0.982. The van der Waals surface area contributed by atoms with Crippen molar-refractivity contribution in [3.05, 3.63) is 71.3 Å². The lowest BCUT2D eigenvalue weighted by molar-refractivity contribution is 1.29. The fourth-order valence-corrected chi connectivity index (χ4v) is 2.19. The summed E-state index contributed by atoms with van der Waals surface area (Å²) in [5.74, 6) is 0. The summed E-state index contributed by atoms with van der Waals surface area (Å²) in [6.45, 7) is 8.06. The first-order valence-electron chi connectivity index (χ1n) is 6.30. The average molecular weight is 233 g/mol. The van der Waals surface area contributed by atoms with Crippen LogP contribution in [0.5, 0.6) is 0 Å². The molecule has 0 bridgehead atoms. The maximum Gasteiger partial charge on any atom is 0.156 e. The lowest BCUT2D eigenvalue weighted by Crippen LogP contribution is -2.16. The van der Waals surface area contributed by atoms with Crippen LogP contribution in [0.25, 0.3) is 6.08 Å². The lowest BCUT2D eigenvalue weighted by Gasteiger charge is -2.05. The van der Waals surface area contributed by atoms with Crippen LogP contribution in [0.15, 0.2) is 49.0 Å². The molecular formula is C17H18B. The Kier molecular flexibility index (Phi) is 4.04. The molecule has 89 valence electrons. The minimum absolute atomic E-state index is 0.982. The van der Waals surface area contributed by atoms with E-state index < -0.39 is 0 Å². The van der Waals surface area contributed by atoms with Gasteiger partial charge in [-0.3, -0.25) is 0 Å². The molecule has 0 saturated heterocycles. The molecule has 2 rings (SSSR count). The molecule has 0 N–H and O–H groups in total. The van der Waals surface area contributed by atoms with E-state index in [1.54, 1.807) is 0 Å². The first-order valence-corrected chi connectivity index (χ1v) is 6.30. The molecule has 0 aliphatic carbocycles. The maximum atomic E-state index is 3.76. The number of aryl methyl sites for hydroxylation is 2. The second-order valence-corrected chi connectivity index (χ2v) is 4.78. The van der Waals surface area contributed by atoms with E-state index in [-0.39, 0.29) is 0 Å². The van der Waals surface area contributed by atoms with Gasteiger partial charge in [0.1, 0.15) is 0 Å². The predicted molar refractivity (Wildman–Crippen MR) is 81.5 cm³/mol. The fourth-order valence-electron chi connectivity index (χ4n) is 2.19. The van der Waals surface area contributed by atoms with Crippen LogP contribution in [0.3, 0.4) is 0 Å². The van der Waals surface area contributed by atoms with Crippen LogP contribution in [0, 0.1) is 13.8 Å². The molecule has 0 spiro atoms. The minimum Gasteiger partial charge on any atom is -0.0985 e. The third-order valence-electron chi connectivity index (χ3n) is 3.03. The molecule has 0 atom stereocenters. The molecule has 1 radical (unpaired) electrons. The molecule has 2 aromatic carbocycles. The van der Waals surface area contributed by atoms with Gasteiger partial charge in [0, 0.05) is 0 Å². The zero-order valence-electron chi connectivity index (χ0n) is 11.1. The zero-order valence-corrected chi connectivity index (χ0v) is 11.1. The molecule has 0 heterocycles. The van der Waals surface area contributed by atoms with Crippen molar-refractivity contribution in [3.63, 3.8) is 0 Å². The van der Waals surface area contributed by atoms with E-state index in [1.807, 2.05) is 6.08 Å². The number of hydrogen-bond donors (Lipinski definition) is 0. The second kappa shape index (κ2) is 5.73. The summed E-state index contributed by atoms with van der Waals surface area (Å²) in [7, 11) is 2.26. The molecule has 0 nitrogen and oxygen atoms in total. The summed E-state index contributed by atoms with van der Waals surface area (Å²) in [6, 6.07) is 15.2. The Morgan fingerprint density at radius 3 is 2.17 bits per heavy atom. The molecule has 2 aromatic rings. The van der Waals surface area contributed by atoms with Gasteiger partial charge in [0.25, 0.3) is 0 Å². The van der Waals surface area contributed by atoms with Gasteiger partial charge in [-0.1, -0.05) is 77.3 Å². The fraction of sp³-hybridized carbons (Fsp3) is 0.176. The van der Waals surface area contributed by atoms with Gasteiger partial charge in [-0.15, -0.1) is 0 Å². The van der Waals surface area contributed by atoms with Crippen LogP contribution < -0.4 is 5.46 Å². The van der Waals surface area contributed by atoms with Crippen LogP contribution in [0.1, 0.15) is 22.3 Å². The Labute approximate surface area is 111 Å². The van der Waals surface area contributed by atoms with Crippen molar-refractivity contribution in [1.29, 1.82) is 0 Å². The first-order chi connectivity index (χ1) is 8.67. The van der Waals surface area contributed by atoms with Crippen molar-refractivity contribution in [2.75, 3.05) is 0 Å². The summed E-state index contributed by atoms with van der Waals surface area (Å²) in [4.78, 5) is 0. The highest BCUT2D eigenvalue weighted by molar-refractivity contribution is 6.52. The van der Waals surface area contributed by atoms with E-state index in [0.717, 1.165) is 6.32 Å². The topological polar surface area (TPSA) is 0 Å². The molecule has 0 unspecified atom stereocenters. The molecule has 18 heavy (non-hydrogen) atoms. The van der Waals surface area contributed by atoms with Crippen LogP contribution in [-0.4, -0.2) is 7.28 Å². The van der Waals surface area contributed by atoms with Gasteiger partial charge in [-0.2, -0.15) is 0 Å². The van der Waals surface area contributed by atoms with E-state index in [1.165, 1.54) is 27.7 Å². The van der Waals surface area contributed by atoms with Crippen molar-refractivity contribution >= 4 is 18.8 Å². The number of hydrogen-bond acceptors (Lipinski definition) is 0. The van der Waals surface area contributed by atoms with Gasteiger partial charge in [0.05, 0.1) is 0 Å². The van der Waals surface area contributed by atoms with Gasteiger partial charge < -0.3 is 0 Å². The molecule has 0 aliphatic rings. The molecular weight excluding hydrogens is 215 g/mol. The van der Waals surface area contributed by atoms with Crippen LogP contribution in [0.4, 0.5) is 0 Å².